The highest BCUT2D eigenvalue weighted by molar-refractivity contribution is 5.10. The summed E-state index contributed by atoms with van der Waals surface area (Å²) in [5, 5.41) is 3.41. The van der Waals surface area contributed by atoms with E-state index in [-0.39, 0.29) is 0 Å². The van der Waals surface area contributed by atoms with Gasteiger partial charge >= 0.3 is 0 Å². The van der Waals surface area contributed by atoms with Gasteiger partial charge in [-0.3, -0.25) is 0 Å². The van der Waals surface area contributed by atoms with Gasteiger partial charge in [0.05, 0.1) is 0 Å². The molecule has 1 aliphatic heterocycles. The molecule has 62 valence electrons. The molecule has 0 aromatic heterocycles. The minimum atomic E-state index is 0.810. The predicted molar refractivity (Wildman–Crippen MR) is 45.4 cm³/mol. The second-order valence-corrected chi connectivity index (χ2v) is 5.16. The molecular formula is C10H17N. The fourth-order valence-corrected chi connectivity index (χ4v) is 3.75. The van der Waals surface area contributed by atoms with E-state index in [0.717, 1.165) is 10.8 Å². The number of rotatable bonds is 0. The summed E-state index contributed by atoms with van der Waals surface area (Å²) >= 11 is 0. The summed E-state index contributed by atoms with van der Waals surface area (Å²) in [6, 6.07) is 0. The summed E-state index contributed by atoms with van der Waals surface area (Å²) in [6.45, 7) is 2.66. The molecule has 1 saturated heterocycles. The molecule has 0 atom stereocenters. The first kappa shape index (κ1) is 6.47. The molecule has 1 N–H and O–H groups in total. The van der Waals surface area contributed by atoms with Gasteiger partial charge in [-0.25, -0.2) is 0 Å². The number of hydrogen-bond donors (Lipinski definition) is 1. The van der Waals surface area contributed by atoms with Crippen molar-refractivity contribution in [1.29, 1.82) is 0 Å². The van der Waals surface area contributed by atoms with E-state index in [4.69, 9.17) is 0 Å². The van der Waals surface area contributed by atoms with Gasteiger partial charge in [0.25, 0.3) is 0 Å². The van der Waals surface area contributed by atoms with Crippen LogP contribution in [0, 0.1) is 10.8 Å². The average molecular weight is 151 g/mol. The van der Waals surface area contributed by atoms with E-state index in [9.17, 15) is 0 Å². The van der Waals surface area contributed by atoms with Crippen LogP contribution in [-0.4, -0.2) is 13.1 Å². The molecule has 0 radical (unpaired) electrons. The van der Waals surface area contributed by atoms with Gasteiger partial charge in [-0.2, -0.15) is 0 Å². The van der Waals surface area contributed by atoms with Crippen molar-refractivity contribution in [2.24, 2.45) is 10.8 Å². The van der Waals surface area contributed by atoms with Crippen LogP contribution in [0.1, 0.15) is 38.5 Å². The van der Waals surface area contributed by atoms with Crippen LogP contribution in [0.4, 0.5) is 0 Å². The highest BCUT2D eigenvalue weighted by atomic mass is 15.0. The zero-order valence-corrected chi connectivity index (χ0v) is 7.16. The lowest BCUT2D eigenvalue weighted by molar-refractivity contribution is -0.0727. The fraction of sp³-hybridized carbons (Fsp3) is 1.00. The maximum Gasteiger partial charge on any atom is 0.00206 e. The second kappa shape index (κ2) is 1.82. The molecule has 0 aromatic carbocycles. The Morgan fingerprint density at radius 3 is 1.91 bits per heavy atom. The van der Waals surface area contributed by atoms with Crippen molar-refractivity contribution in [2.45, 2.75) is 38.5 Å². The third-order valence-corrected chi connectivity index (χ3v) is 4.16. The van der Waals surface area contributed by atoms with E-state index >= 15 is 0 Å². The fourth-order valence-electron chi connectivity index (χ4n) is 3.75. The lowest BCUT2D eigenvalue weighted by atomic mass is 9.49. The van der Waals surface area contributed by atoms with Gasteiger partial charge in [-0.15, -0.1) is 0 Å². The Bertz CT molecular complexity index is 165. The smallest absolute Gasteiger partial charge is 0.00206 e. The Hall–Kier alpha value is -0.0400. The quantitative estimate of drug-likeness (QED) is 0.558. The molecule has 0 unspecified atom stereocenters. The lowest BCUT2D eigenvalue weighted by Crippen LogP contribution is -2.63. The molecule has 2 saturated carbocycles. The molecule has 3 fully saturated rings. The summed E-state index contributed by atoms with van der Waals surface area (Å²) in [6.07, 6.45) is 9.26. The van der Waals surface area contributed by atoms with Gasteiger partial charge in [-0.1, -0.05) is 12.8 Å². The first-order valence-corrected chi connectivity index (χ1v) is 5.04. The molecule has 1 nitrogen and oxygen atoms in total. The Labute approximate surface area is 68.6 Å². The van der Waals surface area contributed by atoms with Crippen molar-refractivity contribution in [3.05, 3.63) is 0 Å². The topological polar surface area (TPSA) is 12.0 Å². The average Bonchev–Trinajstić information content (AvgIpc) is 2.25. The molecule has 1 heteroatoms. The van der Waals surface area contributed by atoms with Crippen LogP contribution in [-0.2, 0) is 0 Å². The molecular weight excluding hydrogens is 134 g/mol. The zero-order valence-electron chi connectivity index (χ0n) is 7.16. The third-order valence-electron chi connectivity index (χ3n) is 4.16. The molecule has 3 aliphatic rings. The highest BCUT2D eigenvalue weighted by Gasteiger charge is 2.57. The minimum absolute atomic E-state index is 0.810. The highest BCUT2D eigenvalue weighted by Crippen LogP contribution is 2.63. The SMILES string of the molecule is C1CCC2(C1)CC1(CNC1)C2. The van der Waals surface area contributed by atoms with Crippen molar-refractivity contribution in [3.8, 4) is 0 Å². The molecule has 1 heterocycles. The summed E-state index contributed by atoms with van der Waals surface area (Å²) in [5.41, 5.74) is 1.67. The number of nitrogens with one attached hydrogen (secondary N) is 1. The van der Waals surface area contributed by atoms with E-state index in [0.29, 0.717) is 0 Å². The van der Waals surface area contributed by atoms with Crippen molar-refractivity contribution in [3.63, 3.8) is 0 Å². The van der Waals surface area contributed by atoms with Gasteiger partial charge < -0.3 is 5.32 Å². The van der Waals surface area contributed by atoms with Crippen LogP contribution >= 0.6 is 0 Å². The Morgan fingerprint density at radius 1 is 0.818 bits per heavy atom. The predicted octanol–water partition coefficient (Wildman–Crippen LogP) is 1.93. The van der Waals surface area contributed by atoms with E-state index in [1.165, 1.54) is 25.9 Å². The zero-order chi connectivity index (χ0) is 7.36. The second-order valence-electron chi connectivity index (χ2n) is 5.16. The van der Waals surface area contributed by atoms with Crippen molar-refractivity contribution in [2.75, 3.05) is 13.1 Å². The molecule has 0 amide bonds. The van der Waals surface area contributed by atoms with Gasteiger partial charge in [0, 0.05) is 13.1 Å². The standard InChI is InChI=1S/C10H17N/c1-2-4-9(3-1)5-10(6-9)7-11-8-10/h11H,1-8H2. The molecule has 3 rings (SSSR count). The minimum Gasteiger partial charge on any atom is -0.316 e. The van der Waals surface area contributed by atoms with Gasteiger partial charge in [0.1, 0.15) is 0 Å². The lowest BCUT2D eigenvalue weighted by Gasteiger charge is -2.60. The summed E-state index contributed by atoms with van der Waals surface area (Å²) in [4.78, 5) is 0. The van der Waals surface area contributed by atoms with E-state index in [2.05, 4.69) is 5.32 Å². The summed E-state index contributed by atoms with van der Waals surface area (Å²) in [7, 11) is 0. The van der Waals surface area contributed by atoms with Crippen LogP contribution in [0.2, 0.25) is 0 Å². The van der Waals surface area contributed by atoms with Crippen molar-refractivity contribution in [1.82, 2.24) is 5.32 Å². The van der Waals surface area contributed by atoms with Crippen LogP contribution in [0.15, 0.2) is 0 Å². The Balaban J connectivity index is 1.69. The van der Waals surface area contributed by atoms with Gasteiger partial charge in [0.15, 0.2) is 0 Å². The summed E-state index contributed by atoms with van der Waals surface area (Å²) in [5.74, 6) is 0. The maximum absolute atomic E-state index is 3.41. The first-order chi connectivity index (χ1) is 5.33. The van der Waals surface area contributed by atoms with Crippen LogP contribution in [0.3, 0.4) is 0 Å². The largest absolute Gasteiger partial charge is 0.316 e. The van der Waals surface area contributed by atoms with Crippen molar-refractivity contribution >= 4 is 0 Å². The molecule has 2 aliphatic carbocycles. The normalized spacial score (nSPS) is 37.1. The van der Waals surface area contributed by atoms with Gasteiger partial charge in [-0.05, 0) is 36.5 Å². The van der Waals surface area contributed by atoms with Crippen molar-refractivity contribution < 1.29 is 0 Å². The molecule has 11 heavy (non-hydrogen) atoms. The van der Waals surface area contributed by atoms with E-state index in [1.807, 2.05) is 0 Å². The molecule has 0 bridgehead atoms. The third kappa shape index (κ3) is 0.752. The van der Waals surface area contributed by atoms with Crippen LogP contribution < -0.4 is 5.32 Å². The van der Waals surface area contributed by atoms with E-state index < -0.39 is 0 Å². The van der Waals surface area contributed by atoms with E-state index in [1.54, 1.807) is 25.7 Å². The molecule has 2 spiro atoms. The summed E-state index contributed by atoms with van der Waals surface area (Å²) < 4.78 is 0. The molecule has 0 aromatic rings. The monoisotopic (exact) mass is 151 g/mol. The first-order valence-electron chi connectivity index (χ1n) is 5.04. The maximum atomic E-state index is 3.41. The number of hydrogen-bond acceptors (Lipinski definition) is 1. The van der Waals surface area contributed by atoms with Crippen LogP contribution in [0.5, 0.6) is 0 Å². The van der Waals surface area contributed by atoms with Gasteiger partial charge in [0.2, 0.25) is 0 Å². The Kier molecular flexibility index (Phi) is 1.07. The van der Waals surface area contributed by atoms with Crippen LogP contribution in [0.25, 0.3) is 0 Å². The Morgan fingerprint density at radius 2 is 1.45 bits per heavy atom.